The van der Waals surface area contributed by atoms with Crippen LogP contribution in [0.25, 0.3) is 10.8 Å². The van der Waals surface area contributed by atoms with E-state index in [4.69, 9.17) is 4.42 Å². The maximum Gasteiger partial charge on any atom is 0.257 e. The molecule has 0 fully saturated rings. The fourth-order valence-corrected chi connectivity index (χ4v) is 3.65. The predicted molar refractivity (Wildman–Crippen MR) is 87.2 cm³/mol. The second-order valence-electron chi connectivity index (χ2n) is 4.77. The maximum atomic E-state index is 9.23. The fraction of sp³-hybridized carbons (Fsp3) is 0.571. The van der Waals surface area contributed by atoms with Crippen LogP contribution in [0.15, 0.2) is 20.3 Å². The van der Waals surface area contributed by atoms with Gasteiger partial charge in [0.2, 0.25) is 5.89 Å². The second-order valence-corrected chi connectivity index (χ2v) is 7.23. The predicted octanol–water partition coefficient (Wildman–Crippen LogP) is 3.54. The highest BCUT2D eigenvalue weighted by molar-refractivity contribution is 9.11. The number of aliphatic hydroxyl groups excluding tert-OH is 1. The van der Waals surface area contributed by atoms with Crippen molar-refractivity contribution in [1.29, 1.82) is 0 Å². The minimum atomic E-state index is 0.134. The SMILES string of the molecule is CCC(CC)N(CCO)Cc1nnc(-c2ccc(Br)s2)o1. The molecule has 5 nitrogen and oxygen atoms in total. The Morgan fingerprint density at radius 1 is 1.33 bits per heavy atom. The quantitative estimate of drug-likeness (QED) is 0.766. The number of thiophene rings is 1. The van der Waals surface area contributed by atoms with Gasteiger partial charge in [-0.2, -0.15) is 0 Å². The molecule has 2 rings (SSSR count). The van der Waals surface area contributed by atoms with Gasteiger partial charge in [-0.1, -0.05) is 13.8 Å². The van der Waals surface area contributed by atoms with Crippen molar-refractivity contribution in [2.45, 2.75) is 39.3 Å². The summed E-state index contributed by atoms with van der Waals surface area (Å²) in [6.45, 7) is 5.64. The summed E-state index contributed by atoms with van der Waals surface area (Å²) in [7, 11) is 0. The zero-order valence-corrected chi connectivity index (χ0v) is 14.7. The number of nitrogens with zero attached hydrogens (tertiary/aromatic N) is 3. The van der Waals surface area contributed by atoms with Crippen LogP contribution < -0.4 is 0 Å². The average Bonchev–Trinajstić information content (AvgIpc) is 3.09. The number of aromatic nitrogens is 2. The molecule has 0 aliphatic heterocycles. The molecule has 116 valence electrons. The van der Waals surface area contributed by atoms with Gasteiger partial charge >= 0.3 is 0 Å². The van der Waals surface area contributed by atoms with Crippen molar-refractivity contribution in [1.82, 2.24) is 15.1 Å². The third-order valence-electron chi connectivity index (χ3n) is 3.44. The van der Waals surface area contributed by atoms with Crippen LogP contribution in [0.4, 0.5) is 0 Å². The average molecular weight is 374 g/mol. The van der Waals surface area contributed by atoms with E-state index in [0.717, 1.165) is 21.5 Å². The van der Waals surface area contributed by atoms with Crippen molar-refractivity contribution in [3.05, 3.63) is 21.8 Å². The van der Waals surface area contributed by atoms with E-state index in [0.29, 0.717) is 30.9 Å². The lowest BCUT2D eigenvalue weighted by Gasteiger charge is -2.28. The summed E-state index contributed by atoms with van der Waals surface area (Å²) in [5.74, 6) is 1.14. The molecule has 2 aromatic rings. The van der Waals surface area contributed by atoms with Crippen LogP contribution >= 0.6 is 27.3 Å². The summed E-state index contributed by atoms with van der Waals surface area (Å²) < 4.78 is 6.78. The first kappa shape index (κ1) is 16.6. The van der Waals surface area contributed by atoms with Crippen LogP contribution in [0.1, 0.15) is 32.6 Å². The van der Waals surface area contributed by atoms with E-state index in [9.17, 15) is 5.11 Å². The van der Waals surface area contributed by atoms with E-state index >= 15 is 0 Å². The van der Waals surface area contributed by atoms with E-state index in [-0.39, 0.29) is 6.61 Å². The Hall–Kier alpha value is -0.760. The third kappa shape index (κ3) is 4.35. The lowest BCUT2D eigenvalue weighted by Crippen LogP contribution is -2.36. The van der Waals surface area contributed by atoms with Crippen molar-refractivity contribution in [2.75, 3.05) is 13.2 Å². The highest BCUT2D eigenvalue weighted by atomic mass is 79.9. The van der Waals surface area contributed by atoms with E-state index in [1.165, 1.54) is 0 Å². The topological polar surface area (TPSA) is 62.4 Å². The van der Waals surface area contributed by atoms with Crippen molar-refractivity contribution in [2.24, 2.45) is 0 Å². The number of halogens is 1. The molecular formula is C14H20BrN3O2S. The van der Waals surface area contributed by atoms with Crippen LogP contribution in [-0.4, -0.2) is 39.4 Å². The van der Waals surface area contributed by atoms with E-state index < -0.39 is 0 Å². The Balaban J connectivity index is 2.09. The highest BCUT2D eigenvalue weighted by Gasteiger charge is 2.18. The second kappa shape index (κ2) is 8.03. The molecule has 0 radical (unpaired) electrons. The Morgan fingerprint density at radius 3 is 2.67 bits per heavy atom. The number of rotatable bonds is 8. The van der Waals surface area contributed by atoms with Gasteiger partial charge in [-0.25, -0.2) is 0 Å². The first-order valence-corrected chi connectivity index (χ1v) is 8.71. The van der Waals surface area contributed by atoms with Crippen LogP contribution in [-0.2, 0) is 6.54 Å². The molecule has 0 amide bonds. The zero-order chi connectivity index (χ0) is 15.2. The van der Waals surface area contributed by atoms with Gasteiger partial charge < -0.3 is 9.52 Å². The minimum Gasteiger partial charge on any atom is -0.419 e. The molecule has 2 aromatic heterocycles. The molecule has 0 unspecified atom stereocenters. The summed E-state index contributed by atoms with van der Waals surface area (Å²) in [5, 5.41) is 17.5. The van der Waals surface area contributed by atoms with E-state index in [1.807, 2.05) is 12.1 Å². The maximum absolute atomic E-state index is 9.23. The standard InChI is InChI=1S/C14H20BrN3O2S/c1-3-10(4-2)18(7-8-19)9-13-16-17-14(20-13)11-5-6-12(15)21-11/h5-6,10,19H,3-4,7-9H2,1-2H3. The van der Waals surface area contributed by atoms with Gasteiger partial charge in [0.15, 0.2) is 0 Å². The summed E-state index contributed by atoms with van der Waals surface area (Å²) >= 11 is 4.99. The molecule has 21 heavy (non-hydrogen) atoms. The van der Waals surface area contributed by atoms with E-state index in [2.05, 4.69) is 44.9 Å². The van der Waals surface area contributed by atoms with Crippen LogP contribution in [0.3, 0.4) is 0 Å². The first-order chi connectivity index (χ1) is 10.2. The van der Waals surface area contributed by atoms with Crippen molar-refractivity contribution < 1.29 is 9.52 Å². The highest BCUT2D eigenvalue weighted by Crippen LogP contribution is 2.30. The Morgan fingerprint density at radius 2 is 2.10 bits per heavy atom. The lowest BCUT2D eigenvalue weighted by atomic mass is 10.1. The van der Waals surface area contributed by atoms with Gasteiger partial charge in [-0.05, 0) is 40.9 Å². The largest absolute Gasteiger partial charge is 0.419 e. The number of aliphatic hydroxyl groups is 1. The molecule has 0 aromatic carbocycles. The van der Waals surface area contributed by atoms with Crippen LogP contribution in [0, 0.1) is 0 Å². The van der Waals surface area contributed by atoms with Gasteiger partial charge in [-0.15, -0.1) is 21.5 Å². The first-order valence-electron chi connectivity index (χ1n) is 7.10. The summed E-state index contributed by atoms with van der Waals surface area (Å²) in [6.07, 6.45) is 2.07. The molecule has 0 atom stereocenters. The van der Waals surface area contributed by atoms with Crippen LogP contribution in [0.5, 0.6) is 0 Å². The number of hydrogen-bond acceptors (Lipinski definition) is 6. The molecular weight excluding hydrogens is 354 g/mol. The molecule has 0 saturated heterocycles. The molecule has 2 heterocycles. The molecule has 0 saturated carbocycles. The molecule has 0 aliphatic carbocycles. The third-order valence-corrected chi connectivity index (χ3v) is 5.05. The monoisotopic (exact) mass is 373 g/mol. The van der Waals surface area contributed by atoms with Gasteiger partial charge in [0, 0.05) is 12.6 Å². The summed E-state index contributed by atoms with van der Waals surface area (Å²) in [4.78, 5) is 3.15. The van der Waals surface area contributed by atoms with Crippen molar-refractivity contribution >= 4 is 27.3 Å². The molecule has 0 aliphatic rings. The molecule has 1 N–H and O–H groups in total. The Bertz CT molecular complexity index is 554. The van der Waals surface area contributed by atoms with E-state index in [1.54, 1.807) is 11.3 Å². The zero-order valence-electron chi connectivity index (χ0n) is 12.3. The summed E-state index contributed by atoms with van der Waals surface area (Å²) in [5.41, 5.74) is 0. The minimum absolute atomic E-state index is 0.134. The van der Waals surface area contributed by atoms with Crippen molar-refractivity contribution in [3.63, 3.8) is 0 Å². The van der Waals surface area contributed by atoms with Crippen molar-refractivity contribution in [3.8, 4) is 10.8 Å². The van der Waals surface area contributed by atoms with Crippen LogP contribution in [0.2, 0.25) is 0 Å². The normalized spacial score (nSPS) is 11.7. The van der Waals surface area contributed by atoms with Gasteiger partial charge in [-0.3, -0.25) is 4.90 Å². The lowest BCUT2D eigenvalue weighted by molar-refractivity contribution is 0.126. The van der Waals surface area contributed by atoms with Gasteiger partial charge in [0.1, 0.15) is 0 Å². The molecule has 0 spiro atoms. The van der Waals surface area contributed by atoms with Gasteiger partial charge in [0.05, 0.1) is 21.8 Å². The number of hydrogen-bond donors (Lipinski definition) is 1. The molecule has 7 heteroatoms. The molecule has 0 bridgehead atoms. The summed E-state index contributed by atoms with van der Waals surface area (Å²) in [6, 6.07) is 4.34. The Labute approximate surface area is 137 Å². The fourth-order valence-electron chi connectivity index (χ4n) is 2.34. The smallest absolute Gasteiger partial charge is 0.257 e. The van der Waals surface area contributed by atoms with Gasteiger partial charge in [0.25, 0.3) is 5.89 Å². The Kier molecular flexibility index (Phi) is 6.35.